The molecule has 3 aliphatic heterocycles. The summed E-state index contributed by atoms with van der Waals surface area (Å²) in [4.78, 5) is 19.3. The smallest absolute Gasteiger partial charge is 0.357 e. The van der Waals surface area contributed by atoms with Gasteiger partial charge in [0.1, 0.15) is 17.5 Å². The number of pyridine rings is 1. The van der Waals surface area contributed by atoms with Gasteiger partial charge in [0.2, 0.25) is 5.91 Å². The SMILES string of the molecule is O=C1N2[C@H](c3cc(F)cc(F)c3)CCN2CC12CCN(c1ccc(C(F)(F)F)cn1)CC2. The summed E-state index contributed by atoms with van der Waals surface area (Å²) in [6.07, 6.45) is -1.94. The van der Waals surface area contributed by atoms with Gasteiger partial charge < -0.3 is 4.90 Å². The van der Waals surface area contributed by atoms with E-state index in [1.165, 1.54) is 18.2 Å². The molecule has 3 fully saturated rings. The summed E-state index contributed by atoms with van der Waals surface area (Å²) in [5.74, 6) is -0.939. The van der Waals surface area contributed by atoms with Crippen LogP contribution in [0.25, 0.3) is 0 Å². The van der Waals surface area contributed by atoms with Gasteiger partial charge in [0.15, 0.2) is 0 Å². The van der Waals surface area contributed by atoms with Crippen molar-refractivity contribution in [2.45, 2.75) is 31.5 Å². The molecule has 3 aliphatic rings. The zero-order valence-corrected chi connectivity index (χ0v) is 17.1. The second kappa shape index (κ2) is 7.40. The molecule has 0 unspecified atom stereocenters. The number of hydrogen-bond acceptors (Lipinski definition) is 4. The third-order valence-corrected chi connectivity index (χ3v) is 6.80. The summed E-state index contributed by atoms with van der Waals surface area (Å²) in [5.41, 5.74) is -0.955. The van der Waals surface area contributed by atoms with Crippen molar-refractivity contribution in [2.75, 3.05) is 31.1 Å². The van der Waals surface area contributed by atoms with Crippen molar-refractivity contribution in [1.82, 2.24) is 15.0 Å². The molecule has 0 aliphatic carbocycles. The molecule has 0 N–H and O–H groups in total. The van der Waals surface area contributed by atoms with Gasteiger partial charge in [0.25, 0.3) is 0 Å². The Labute approximate surface area is 181 Å². The number of benzene rings is 1. The third kappa shape index (κ3) is 3.50. The number of aromatic nitrogens is 1. The fourth-order valence-electron chi connectivity index (χ4n) is 5.14. The molecule has 3 saturated heterocycles. The summed E-state index contributed by atoms with van der Waals surface area (Å²) in [5, 5.41) is 3.61. The lowest BCUT2D eigenvalue weighted by atomic mass is 9.77. The lowest BCUT2D eigenvalue weighted by Gasteiger charge is -2.38. The van der Waals surface area contributed by atoms with Crippen LogP contribution in [0.3, 0.4) is 0 Å². The van der Waals surface area contributed by atoms with Crippen LogP contribution in [-0.4, -0.2) is 47.1 Å². The van der Waals surface area contributed by atoms with Crippen molar-refractivity contribution < 1.29 is 26.7 Å². The first-order chi connectivity index (χ1) is 15.2. The minimum absolute atomic E-state index is 0.0512. The molecular weight excluding hydrogens is 431 g/mol. The van der Waals surface area contributed by atoms with Gasteiger partial charge in [-0.25, -0.2) is 18.8 Å². The molecule has 32 heavy (non-hydrogen) atoms. The van der Waals surface area contributed by atoms with Crippen LogP contribution in [0.1, 0.15) is 36.4 Å². The van der Waals surface area contributed by atoms with E-state index in [2.05, 4.69) is 4.98 Å². The maximum absolute atomic E-state index is 13.7. The zero-order valence-electron chi connectivity index (χ0n) is 17.1. The molecule has 1 amide bonds. The summed E-state index contributed by atoms with van der Waals surface area (Å²) in [7, 11) is 0. The Morgan fingerprint density at radius 3 is 2.28 bits per heavy atom. The predicted octanol–water partition coefficient (Wildman–Crippen LogP) is 4.17. The second-order valence-electron chi connectivity index (χ2n) is 8.72. The van der Waals surface area contributed by atoms with Gasteiger partial charge in [-0.3, -0.25) is 9.80 Å². The van der Waals surface area contributed by atoms with E-state index in [0.717, 1.165) is 18.3 Å². The van der Waals surface area contributed by atoms with E-state index in [1.54, 1.807) is 5.01 Å². The van der Waals surface area contributed by atoms with Gasteiger partial charge in [-0.1, -0.05) is 0 Å². The van der Waals surface area contributed by atoms with Crippen LogP contribution in [0.2, 0.25) is 0 Å². The molecule has 2 aromatic rings. The van der Waals surface area contributed by atoms with Crippen molar-refractivity contribution in [3.63, 3.8) is 0 Å². The van der Waals surface area contributed by atoms with Crippen LogP contribution in [0.4, 0.5) is 27.8 Å². The first kappa shape index (κ1) is 21.1. The van der Waals surface area contributed by atoms with Crippen LogP contribution in [0.15, 0.2) is 36.5 Å². The van der Waals surface area contributed by atoms with E-state index in [1.807, 2.05) is 9.91 Å². The molecule has 5 rings (SSSR count). The zero-order chi connectivity index (χ0) is 22.7. The molecule has 170 valence electrons. The number of anilines is 1. The van der Waals surface area contributed by atoms with E-state index in [0.29, 0.717) is 56.8 Å². The number of alkyl halides is 3. The number of piperidine rings is 1. The van der Waals surface area contributed by atoms with E-state index in [4.69, 9.17) is 0 Å². The van der Waals surface area contributed by atoms with Crippen LogP contribution in [0, 0.1) is 17.0 Å². The maximum atomic E-state index is 13.7. The Morgan fingerprint density at radius 1 is 1.00 bits per heavy atom. The van der Waals surface area contributed by atoms with Crippen LogP contribution < -0.4 is 4.90 Å². The number of rotatable bonds is 2. The average molecular weight is 452 g/mol. The normalized spacial score (nSPS) is 23.3. The van der Waals surface area contributed by atoms with E-state index in [-0.39, 0.29) is 5.91 Å². The fraction of sp³-hybridized carbons (Fsp3) is 0.455. The summed E-state index contributed by atoms with van der Waals surface area (Å²) < 4.78 is 65.8. The number of fused-ring (bicyclic) bond motifs is 1. The number of hydrazine groups is 1. The maximum Gasteiger partial charge on any atom is 0.417 e. The Bertz CT molecular complexity index is 1010. The predicted molar refractivity (Wildman–Crippen MR) is 105 cm³/mol. The van der Waals surface area contributed by atoms with Crippen molar-refractivity contribution >= 4 is 11.7 Å². The summed E-state index contributed by atoms with van der Waals surface area (Å²) in [6.45, 7) is 2.14. The van der Waals surface area contributed by atoms with Crippen LogP contribution in [-0.2, 0) is 11.0 Å². The van der Waals surface area contributed by atoms with Crippen molar-refractivity contribution in [3.8, 4) is 0 Å². The van der Waals surface area contributed by atoms with Crippen molar-refractivity contribution in [1.29, 1.82) is 0 Å². The highest BCUT2D eigenvalue weighted by Gasteiger charge is 2.56. The number of amides is 1. The van der Waals surface area contributed by atoms with Crippen LogP contribution >= 0.6 is 0 Å². The quantitative estimate of drug-likeness (QED) is 0.642. The van der Waals surface area contributed by atoms with Gasteiger partial charge in [-0.05, 0) is 49.1 Å². The Balaban J connectivity index is 1.30. The van der Waals surface area contributed by atoms with E-state index in [9.17, 15) is 26.7 Å². The molecule has 1 atom stereocenters. The van der Waals surface area contributed by atoms with Gasteiger partial charge in [0, 0.05) is 38.4 Å². The molecule has 1 aromatic carbocycles. The highest BCUT2D eigenvalue weighted by Crippen LogP contribution is 2.47. The van der Waals surface area contributed by atoms with E-state index >= 15 is 0 Å². The first-order valence-corrected chi connectivity index (χ1v) is 10.5. The highest BCUT2D eigenvalue weighted by atomic mass is 19.4. The second-order valence-corrected chi connectivity index (χ2v) is 8.72. The van der Waals surface area contributed by atoms with Crippen molar-refractivity contribution in [3.05, 3.63) is 59.3 Å². The first-order valence-electron chi connectivity index (χ1n) is 10.5. The number of hydrogen-bond donors (Lipinski definition) is 0. The van der Waals surface area contributed by atoms with Crippen molar-refractivity contribution in [2.24, 2.45) is 5.41 Å². The highest BCUT2D eigenvalue weighted by molar-refractivity contribution is 5.85. The van der Waals surface area contributed by atoms with Gasteiger partial charge in [-0.2, -0.15) is 13.2 Å². The molecule has 1 spiro atoms. The summed E-state index contributed by atoms with van der Waals surface area (Å²) in [6, 6.07) is 5.32. The molecule has 0 bridgehead atoms. The van der Waals surface area contributed by atoms with E-state index < -0.39 is 34.8 Å². The van der Waals surface area contributed by atoms with Gasteiger partial charge in [-0.15, -0.1) is 0 Å². The lowest BCUT2D eigenvalue weighted by Crippen LogP contribution is -2.46. The third-order valence-electron chi connectivity index (χ3n) is 6.80. The molecular formula is C22H21F5N4O. The molecule has 5 nitrogen and oxygen atoms in total. The molecule has 4 heterocycles. The molecule has 0 radical (unpaired) electrons. The molecule has 1 aromatic heterocycles. The standard InChI is InChI=1S/C22H21F5N4O/c23-16-9-14(10-17(24)11-16)18-3-6-30-13-21(20(32)31(18)30)4-7-29(8-5-21)19-2-1-15(12-28-19)22(25,26)27/h1-2,9-12,18H,3-8,13H2/t18-/m0/s1. The Hall–Kier alpha value is -2.75. The van der Waals surface area contributed by atoms with Crippen LogP contribution in [0.5, 0.6) is 0 Å². The number of carbonyl (C=O) groups is 1. The minimum atomic E-state index is -4.43. The van der Waals surface area contributed by atoms with Gasteiger partial charge >= 0.3 is 6.18 Å². The average Bonchev–Trinajstić information content (AvgIpc) is 3.26. The summed E-state index contributed by atoms with van der Waals surface area (Å²) >= 11 is 0. The van der Waals surface area contributed by atoms with Gasteiger partial charge in [0.05, 0.1) is 17.0 Å². The Morgan fingerprint density at radius 2 is 1.69 bits per heavy atom. The molecule has 0 saturated carbocycles. The topological polar surface area (TPSA) is 39.7 Å². The molecule has 10 heteroatoms. The number of nitrogens with zero attached hydrogens (tertiary/aromatic N) is 4. The lowest BCUT2D eigenvalue weighted by molar-refractivity contribution is -0.144. The largest absolute Gasteiger partial charge is 0.417 e. The monoisotopic (exact) mass is 452 g/mol. The minimum Gasteiger partial charge on any atom is -0.357 e. The fourth-order valence-corrected chi connectivity index (χ4v) is 5.14. The number of carbonyl (C=O) groups excluding carboxylic acids is 1. The number of halogens is 5. The Kier molecular flexibility index (Phi) is 4.88.